The van der Waals surface area contributed by atoms with Gasteiger partial charge in [-0.1, -0.05) is 36.7 Å². The highest BCUT2D eigenvalue weighted by Gasteiger charge is 2.32. The van der Waals surface area contributed by atoms with Crippen molar-refractivity contribution in [2.45, 2.75) is 68.4 Å². The van der Waals surface area contributed by atoms with Crippen molar-refractivity contribution in [2.24, 2.45) is 0 Å². The topological polar surface area (TPSA) is 88.1 Å². The lowest BCUT2D eigenvalue weighted by molar-refractivity contribution is 0.139. The van der Waals surface area contributed by atoms with Crippen LogP contribution in [0.15, 0.2) is 59.6 Å². The van der Waals surface area contributed by atoms with Crippen molar-refractivity contribution in [3.63, 3.8) is 0 Å². The maximum absolute atomic E-state index is 14.9. The lowest BCUT2D eigenvalue weighted by Crippen LogP contribution is -2.43. The minimum absolute atomic E-state index is 0.101. The van der Waals surface area contributed by atoms with Gasteiger partial charge in [0.05, 0.1) is 32.9 Å². The molecule has 7 nitrogen and oxygen atoms in total. The van der Waals surface area contributed by atoms with Crippen LogP contribution in [0.1, 0.15) is 43.1 Å². The summed E-state index contributed by atoms with van der Waals surface area (Å²) in [7, 11) is 0.348. The molecule has 2 aromatic heterocycles. The van der Waals surface area contributed by atoms with Crippen molar-refractivity contribution in [1.29, 1.82) is 0 Å². The quantitative estimate of drug-likeness (QED) is 0.251. The highest BCUT2D eigenvalue weighted by atomic mass is 35.5. The Morgan fingerprint density at radius 3 is 2.56 bits per heavy atom. The fourth-order valence-electron chi connectivity index (χ4n) is 5.57. The Bertz CT molecular complexity index is 1680. The molecule has 216 valence electrons. The van der Waals surface area contributed by atoms with Crippen molar-refractivity contribution < 1.29 is 12.8 Å². The molecule has 10 heteroatoms. The summed E-state index contributed by atoms with van der Waals surface area (Å²) < 4.78 is 40.8. The minimum atomic E-state index is -3.65. The fraction of sp³-hybridized carbons (Fsp3) is 0.387. The molecule has 41 heavy (non-hydrogen) atoms. The second-order valence-corrected chi connectivity index (χ2v) is 13.3. The van der Waals surface area contributed by atoms with Gasteiger partial charge in [0.15, 0.2) is 9.84 Å². The van der Waals surface area contributed by atoms with E-state index in [2.05, 4.69) is 33.2 Å². The van der Waals surface area contributed by atoms with E-state index in [1.807, 2.05) is 33.2 Å². The monoisotopic (exact) mass is 595 g/mol. The van der Waals surface area contributed by atoms with Crippen LogP contribution in [0.2, 0.25) is 5.02 Å². The molecule has 0 saturated heterocycles. The van der Waals surface area contributed by atoms with Crippen LogP contribution in [0.4, 0.5) is 10.3 Å². The van der Waals surface area contributed by atoms with Crippen molar-refractivity contribution in [3.05, 3.63) is 76.7 Å². The van der Waals surface area contributed by atoms with Crippen LogP contribution in [0.3, 0.4) is 0 Å². The summed E-state index contributed by atoms with van der Waals surface area (Å²) in [5, 5.41) is 4.32. The molecule has 3 atom stereocenters. The molecule has 0 spiro atoms. The molecule has 4 aromatic rings. The molecule has 2 aromatic carbocycles. The normalized spacial score (nSPS) is 19.5. The second kappa shape index (κ2) is 12.0. The standard InChI is InChI=1S/C31H35ClFN5O2S/c1-5-20-14-21(25-12-10-23(35-19(25)2)18-41(39,40)29-9-7-6-8-26(29)32)15-22-17-34-31(37-30(20)22)36-28-13-11-24(38(3)4)16-27(28)33/h6-10,12,14-15,17,24,27-28H,5,11,13,16,18H2,1-4H3,(H,34,36,37)/t24-,27?,28?/m1/s1. The molecular formula is C31H35ClFN5O2S. The molecule has 1 aliphatic rings. The van der Waals surface area contributed by atoms with Gasteiger partial charge in [0.1, 0.15) is 6.17 Å². The first kappa shape index (κ1) is 29.4. The van der Waals surface area contributed by atoms with Crippen LogP contribution in [0.25, 0.3) is 22.0 Å². The van der Waals surface area contributed by atoms with Crippen molar-refractivity contribution in [3.8, 4) is 11.1 Å². The number of benzene rings is 2. The zero-order valence-corrected chi connectivity index (χ0v) is 25.3. The lowest BCUT2D eigenvalue weighted by atomic mass is 9.89. The van der Waals surface area contributed by atoms with Crippen LogP contribution in [-0.4, -0.2) is 60.6 Å². The SMILES string of the molecule is CCc1cc(-c2ccc(CS(=O)(=O)c3ccccc3Cl)nc2C)cc2cnc(NC3CC[C@@H](N(C)C)CC3F)nc12. The zero-order chi connectivity index (χ0) is 29.3. The molecule has 1 N–H and O–H groups in total. The second-order valence-electron chi connectivity index (χ2n) is 10.9. The van der Waals surface area contributed by atoms with Crippen molar-refractivity contribution in [2.75, 3.05) is 19.4 Å². The maximum atomic E-state index is 14.9. The first-order valence-corrected chi connectivity index (χ1v) is 15.9. The van der Waals surface area contributed by atoms with Gasteiger partial charge in [-0.05, 0) is 88.2 Å². The highest BCUT2D eigenvalue weighted by molar-refractivity contribution is 7.90. The predicted molar refractivity (Wildman–Crippen MR) is 163 cm³/mol. The molecular weight excluding hydrogens is 561 g/mol. The van der Waals surface area contributed by atoms with E-state index in [0.717, 1.165) is 52.5 Å². The molecule has 2 heterocycles. The Balaban J connectivity index is 1.38. The van der Waals surface area contributed by atoms with Gasteiger partial charge in [0.2, 0.25) is 5.95 Å². The van der Waals surface area contributed by atoms with Gasteiger partial charge in [0.25, 0.3) is 0 Å². The number of pyridine rings is 1. The van der Waals surface area contributed by atoms with Gasteiger partial charge in [0, 0.05) is 28.9 Å². The van der Waals surface area contributed by atoms with E-state index < -0.39 is 16.0 Å². The van der Waals surface area contributed by atoms with E-state index in [1.54, 1.807) is 30.5 Å². The Morgan fingerprint density at radius 1 is 1.10 bits per heavy atom. The third-order valence-corrected chi connectivity index (χ3v) is 10.0. The predicted octanol–water partition coefficient (Wildman–Crippen LogP) is 6.42. The van der Waals surface area contributed by atoms with Crippen LogP contribution in [0, 0.1) is 6.92 Å². The number of alkyl halides is 1. The number of anilines is 1. The van der Waals surface area contributed by atoms with Gasteiger partial charge in [-0.25, -0.2) is 22.8 Å². The van der Waals surface area contributed by atoms with Crippen LogP contribution < -0.4 is 5.32 Å². The number of hydrogen-bond donors (Lipinski definition) is 1. The molecule has 0 bridgehead atoms. The van der Waals surface area contributed by atoms with E-state index in [4.69, 9.17) is 16.6 Å². The van der Waals surface area contributed by atoms with Crippen LogP contribution >= 0.6 is 11.6 Å². The van der Waals surface area contributed by atoms with E-state index in [-0.39, 0.29) is 27.8 Å². The van der Waals surface area contributed by atoms with E-state index >= 15 is 0 Å². The van der Waals surface area contributed by atoms with Gasteiger partial charge in [-0.2, -0.15) is 0 Å². The number of fused-ring (bicyclic) bond motifs is 1. The molecule has 1 fully saturated rings. The largest absolute Gasteiger partial charge is 0.349 e. The van der Waals surface area contributed by atoms with Crippen LogP contribution in [0.5, 0.6) is 0 Å². The van der Waals surface area contributed by atoms with Crippen molar-refractivity contribution >= 4 is 38.3 Å². The third kappa shape index (κ3) is 6.37. The minimum Gasteiger partial charge on any atom is -0.349 e. The molecule has 1 saturated carbocycles. The first-order chi connectivity index (χ1) is 19.6. The highest BCUT2D eigenvalue weighted by Crippen LogP contribution is 2.31. The van der Waals surface area contributed by atoms with Gasteiger partial charge >= 0.3 is 0 Å². The summed E-state index contributed by atoms with van der Waals surface area (Å²) in [5.41, 5.74) is 4.91. The number of aromatic nitrogens is 3. The fourth-order valence-corrected chi connectivity index (χ4v) is 7.42. The van der Waals surface area contributed by atoms with Gasteiger partial charge in [-0.3, -0.25) is 4.98 Å². The van der Waals surface area contributed by atoms with Gasteiger partial charge in [-0.15, -0.1) is 0 Å². The van der Waals surface area contributed by atoms with Crippen LogP contribution in [-0.2, 0) is 22.0 Å². The molecule has 0 aliphatic heterocycles. The Hall–Kier alpha value is -3.14. The van der Waals surface area contributed by atoms with E-state index in [9.17, 15) is 12.8 Å². The summed E-state index contributed by atoms with van der Waals surface area (Å²) in [6.45, 7) is 3.94. The van der Waals surface area contributed by atoms with Crippen molar-refractivity contribution in [1.82, 2.24) is 19.9 Å². The lowest BCUT2D eigenvalue weighted by Gasteiger charge is -2.35. The average molecular weight is 596 g/mol. The number of halogens is 2. The smallest absolute Gasteiger partial charge is 0.223 e. The molecule has 5 rings (SSSR count). The molecule has 1 aliphatic carbocycles. The summed E-state index contributed by atoms with van der Waals surface area (Å²) in [6.07, 6.45) is 3.73. The Morgan fingerprint density at radius 2 is 1.88 bits per heavy atom. The molecule has 0 amide bonds. The number of hydrogen-bond acceptors (Lipinski definition) is 7. The average Bonchev–Trinajstić information content (AvgIpc) is 2.93. The summed E-state index contributed by atoms with van der Waals surface area (Å²) in [6, 6.07) is 14.1. The zero-order valence-electron chi connectivity index (χ0n) is 23.7. The first-order valence-electron chi connectivity index (χ1n) is 13.9. The summed E-state index contributed by atoms with van der Waals surface area (Å²) >= 11 is 6.14. The number of nitrogens with zero attached hydrogens (tertiary/aromatic N) is 4. The Kier molecular flexibility index (Phi) is 8.59. The van der Waals surface area contributed by atoms with E-state index in [0.29, 0.717) is 18.1 Å². The van der Waals surface area contributed by atoms with Gasteiger partial charge < -0.3 is 10.2 Å². The number of sulfone groups is 1. The van der Waals surface area contributed by atoms with E-state index in [1.165, 1.54) is 6.07 Å². The number of nitrogens with one attached hydrogen (secondary N) is 1. The molecule has 0 radical (unpaired) electrons. The third-order valence-electron chi connectivity index (χ3n) is 7.90. The summed E-state index contributed by atoms with van der Waals surface area (Å²) in [5.74, 6) is 0.202. The number of rotatable bonds is 8. The molecule has 2 unspecified atom stereocenters. The maximum Gasteiger partial charge on any atom is 0.223 e. The summed E-state index contributed by atoms with van der Waals surface area (Å²) in [4.78, 5) is 16.1. The number of aryl methyl sites for hydroxylation is 2. The Labute approximate surface area is 246 Å².